The smallest absolute Gasteiger partial charge is 0.550 e. The monoisotopic (exact) mass is 659 g/mol. The molecule has 0 radical (unpaired) electrons. The van der Waals surface area contributed by atoms with E-state index < -0.39 is 29.0 Å². The van der Waals surface area contributed by atoms with Crippen LogP contribution in [0, 0.1) is 11.2 Å². The molecule has 13 heteroatoms. The summed E-state index contributed by atoms with van der Waals surface area (Å²) in [6.45, 7) is 0.296. The summed E-state index contributed by atoms with van der Waals surface area (Å²) in [5.74, 6) is -0.791. The molecule has 0 saturated heterocycles. The molecule has 4 aromatic rings. The molecule has 3 aromatic carbocycles. The summed E-state index contributed by atoms with van der Waals surface area (Å²) >= 11 is 6.53. The Hall–Kier alpha value is -3.26. The molecule has 2 N–H and O–H groups in total. The number of benzene rings is 3. The molecule has 0 spiro atoms. The molecule has 0 bridgehead atoms. The van der Waals surface area contributed by atoms with E-state index in [1.807, 2.05) is 0 Å². The molecule has 1 aliphatic rings. The van der Waals surface area contributed by atoms with Crippen LogP contribution in [0.15, 0.2) is 66.9 Å². The summed E-state index contributed by atoms with van der Waals surface area (Å²) < 4.78 is 30.6. The Morgan fingerprint density at radius 1 is 0.911 bits per heavy atom. The van der Waals surface area contributed by atoms with Gasteiger partial charge in [-0.3, -0.25) is 14.6 Å². The fourth-order valence-corrected chi connectivity index (χ4v) is 4.76. The first-order valence-electron chi connectivity index (χ1n) is 13.8. The van der Waals surface area contributed by atoms with E-state index in [1.54, 1.807) is 36.5 Å². The van der Waals surface area contributed by atoms with Crippen LogP contribution >= 0.6 is 11.6 Å². The molecule has 2 amide bonds. The predicted molar refractivity (Wildman–Crippen MR) is 160 cm³/mol. The number of ether oxygens (including phenoxy) is 3. The van der Waals surface area contributed by atoms with Crippen LogP contribution in [0.5, 0.6) is 23.0 Å². The van der Waals surface area contributed by atoms with Crippen LogP contribution in [0.3, 0.4) is 0 Å². The molecule has 0 aliphatic heterocycles. The van der Waals surface area contributed by atoms with Gasteiger partial charge in [-0.25, -0.2) is 4.39 Å². The molecule has 228 valence electrons. The second-order valence-corrected chi connectivity index (χ2v) is 10.7. The van der Waals surface area contributed by atoms with Crippen LogP contribution in [-0.2, 0) is 14.4 Å². The Balaban J connectivity index is 0.00000461. The van der Waals surface area contributed by atoms with E-state index in [0.717, 1.165) is 0 Å². The molecule has 1 heterocycles. The molecule has 10 nitrogen and oxygen atoms in total. The zero-order valence-corrected chi connectivity index (χ0v) is 28.5. The van der Waals surface area contributed by atoms with Crippen molar-refractivity contribution in [1.29, 1.82) is 0 Å². The van der Waals surface area contributed by atoms with Crippen molar-refractivity contribution in [2.75, 3.05) is 24.4 Å². The van der Waals surface area contributed by atoms with Gasteiger partial charge in [0.15, 0.2) is 11.5 Å². The van der Waals surface area contributed by atoms with Crippen molar-refractivity contribution in [2.24, 2.45) is 5.41 Å². The largest absolute Gasteiger partial charge is 1.00 e. The summed E-state index contributed by atoms with van der Waals surface area (Å²) in [4.78, 5) is 40.9. The van der Waals surface area contributed by atoms with Gasteiger partial charge in [-0.05, 0) is 86.7 Å². The standard InChI is InChI=1S/C32H29ClFN3O7.K/c1-42-27-17-22-24(18-28(27)43-15-3-2-4-29(38)39)35-14-11-25(22)44-26-10-9-21(16-23(26)33)37-31(41)32(12-13-32)30(40)36-20-7-5-19(34)6-8-20;/h5-11,14,16-18H,2-4,12-13,15H2,1H3,(H,36,40)(H,37,41)(H,38,39);/q;+1/p-1. The van der Waals surface area contributed by atoms with Crippen molar-refractivity contribution < 1.29 is 89.5 Å². The van der Waals surface area contributed by atoms with E-state index in [4.69, 9.17) is 25.8 Å². The SMILES string of the molecule is COc1cc2c(Oc3ccc(NC(=O)C4(C(=O)Nc5ccc(F)cc5)CC4)cc3Cl)ccnc2cc1OCCCCC(=O)[O-].[K+]. The number of hydrogen-bond donors (Lipinski definition) is 2. The molecule has 1 fully saturated rings. The summed E-state index contributed by atoms with van der Waals surface area (Å²) in [7, 11) is 1.50. The number of anilines is 2. The molecule has 1 saturated carbocycles. The molecular formula is C32H28ClFKN3O7. The number of carboxylic acid groups (broad SMARTS) is 1. The third-order valence-corrected chi connectivity index (χ3v) is 7.45. The van der Waals surface area contributed by atoms with Gasteiger partial charge >= 0.3 is 51.4 Å². The van der Waals surface area contributed by atoms with Gasteiger partial charge in [-0.1, -0.05) is 11.6 Å². The number of amides is 2. The van der Waals surface area contributed by atoms with Crippen molar-refractivity contribution in [3.05, 3.63) is 77.7 Å². The molecule has 0 unspecified atom stereocenters. The molecular weight excluding hydrogens is 632 g/mol. The number of hydrogen-bond acceptors (Lipinski definition) is 8. The normalized spacial score (nSPS) is 12.9. The van der Waals surface area contributed by atoms with Gasteiger partial charge in [-0.2, -0.15) is 0 Å². The first kappa shape index (κ1) is 34.6. The second-order valence-electron chi connectivity index (χ2n) is 10.3. The molecule has 1 aromatic heterocycles. The van der Waals surface area contributed by atoms with E-state index in [2.05, 4.69) is 15.6 Å². The van der Waals surface area contributed by atoms with E-state index in [1.165, 1.54) is 37.4 Å². The molecule has 5 rings (SSSR count). The van der Waals surface area contributed by atoms with E-state index >= 15 is 0 Å². The number of nitrogens with zero attached hydrogens (tertiary/aromatic N) is 1. The number of fused-ring (bicyclic) bond motifs is 1. The second kappa shape index (κ2) is 15.3. The van der Waals surface area contributed by atoms with Gasteiger partial charge in [0.1, 0.15) is 22.7 Å². The number of methoxy groups -OCH3 is 1. The van der Waals surface area contributed by atoms with Crippen molar-refractivity contribution in [2.45, 2.75) is 32.1 Å². The fraction of sp³-hybridized carbons (Fsp3) is 0.250. The van der Waals surface area contributed by atoms with E-state index in [-0.39, 0.29) is 62.8 Å². The average Bonchev–Trinajstić information content (AvgIpc) is 3.82. The number of pyridine rings is 1. The number of unbranched alkanes of at least 4 members (excludes halogenated alkanes) is 1. The van der Waals surface area contributed by atoms with Crippen LogP contribution in [-0.4, -0.2) is 36.5 Å². The Kier molecular flexibility index (Phi) is 11.8. The van der Waals surface area contributed by atoms with Gasteiger partial charge in [0.25, 0.3) is 0 Å². The maximum atomic E-state index is 13.2. The molecule has 1 aliphatic carbocycles. The van der Waals surface area contributed by atoms with Crippen molar-refractivity contribution in [3.8, 4) is 23.0 Å². The van der Waals surface area contributed by atoms with Gasteiger partial charge in [-0.15, -0.1) is 0 Å². The van der Waals surface area contributed by atoms with Crippen LogP contribution in [0.2, 0.25) is 5.02 Å². The number of aliphatic carboxylic acids is 1. The Morgan fingerprint density at radius 3 is 2.24 bits per heavy atom. The van der Waals surface area contributed by atoms with Crippen LogP contribution in [0.1, 0.15) is 32.1 Å². The third-order valence-electron chi connectivity index (χ3n) is 7.15. The third kappa shape index (κ3) is 8.51. The minimum absolute atomic E-state index is 0. The topological polar surface area (TPSA) is 139 Å². The van der Waals surface area contributed by atoms with Crippen molar-refractivity contribution >= 4 is 51.7 Å². The predicted octanol–water partition coefficient (Wildman–Crippen LogP) is 2.49. The van der Waals surface area contributed by atoms with Gasteiger partial charge in [0.2, 0.25) is 11.8 Å². The maximum Gasteiger partial charge on any atom is 1.00 e. The van der Waals surface area contributed by atoms with Gasteiger partial charge < -0.3 is 34.7 Å². The Labute approximate surface area is 306 Å². The van der Waals surface area contributed by atoms with Crippen molar-refractivity contribution in [3.63, 3.8) is 0 Å². The number of carboxylic acids is 1. The summed E-state index contributed by atoms with van der Waals surface area (Å²) in [5, 5.41) is 16.9. The van der Waals surface area contributed by atoms with E-state index in [9.17, 15) is 23.9 Å². The quantitative estimate of drug-likeness (QED) is 0.127. The Bertz CT molecular complexity index is 1720. The number of carbonyl (C=O) groups excluding carboxylic acids is 3. The first-order valence-corrected chi connectivity index (χ1v) is 14.2. The van der Waals surface area contributed by atoms with Crippen LogP contribution in [0.4, 0.5) is 15.8 Å². The van der Waals surface area contributed by atoms with Crippen LogP contribution < -0.4 is 81.3 Å². The fourth-order valence-electron chi connectivity index (χ4n) is 4.54. The van der Waals surface area contributed by atoms with Gasteiger partial charge in [0, 0.05) is 35.0 Å². The van der Waals surface area contributed by atoms with Crippen molar-refractivity contribution in [1.82, 2.24) is 4.98 Å². The zero-order chi connectivity index (χ0) is 31.3. The number of nitrogens with one attached hydrogen (secondary N) is 2. The molecule has 0 atom stereocenters. The number of aromatic nitrogens is 1. The first-order chi connectivity index (χ1) is 21.2. The summed E-state index contributed by atoms with van der Waals surface area (Å²) in [5.41, 5.74) is 0.136. The van der Waals surface area contributed by atoms with Crippen LogP contribution in [0.25, 0.3) is 10.9 Å². The molecule has 45 heavy (non-hydrogen) atoms. The number of halogens is 2. The van der Waals surface area contributed by atoms with Gasteiger partial charge in [0.05, 0.1) is 24.3 Å². The summed E-state index contributed by atoms with van der Waals surface area (Å²) in [6, 6.07) is 15.2. The number of rotatable bonds is 13. The maximum absolute atomic E-state index is 13.2. The van der Waals surface area contributed by atoms with E-state index in [0.29, 0.717) is 77.6 Å². The minimum Gasteiger partial charge on any atom is -0.550 e. The Morgan fingerprint density at radius 2 is 1.60 bits per heavy atom. The minimum atomic E-state index is -1.22. The number of carbonyl (C=O) groups is 3. The zero-order valence-electron chi connectivity index (χ0n) is 24.7. The summed E-state index contributed by atoms with van der Waals surface area (Å²) in [6.07, 6.45) is 3.27. The average molecular weight is 660 g/mol.